The zero-order valence-corrected chi connectivity index (χ0v) is 17.8. The molecule has 1 aromatic heterocycles. The van der Waals surface area contributed by atoms with Crippen molar-refractivity contribution >= 4 is 33.4 Å². The molecule has 0 aliphatic carbocycles. The number of hydrogen-bond acceptors (Lipinski definition) is 3. The van der Waals surface area contributed by atoms with Crippen LogP contribution in [0.15, 0.2) is 66.7 Å². The maximum atomic E-state index is 6.09. The zero-order chi connectivity index (χ0) is 18.1. The SMILES string of the molecule is CCN(CC)c1ccc2nc3ccc(N)cc3[n+](-c3ccccc3)c2c1.O.O.O.[Cl-]. The van der Waals surface area contributed by atoms with Gasteiger partial charge in [0.1, 0.15) is 11.0 Å². The van der Waals surface area contributed by atoms with E-state index in [-0.39, 0.29) is 28.8 Å². The number of aromatic nitrogens is 2. The van der Waals surface area contributed by atoms with Crippen LogP contribution in [0.1, 0.15) is 13.8 Å². The summed E-state index contributed by atoms with van der Waals surface area (Å²) in [5.74, 6) is 0. The van der Waals surface area contributed by atoms with Crippen molar-refractivity contribution in [1.29, 1.82) is 0 Å². The van der Waals surface area contributed by atoms with Crippen LogP contribution in [0.25, 0.3) is 27.8 Å². The average molecular weight is 433 g/mol. The second-order valence-corrected chi connectivity index (χ2v) is 6.38. The van der Waals surface area contributed by atoms with Crippen molar-refractivity contribution in [1.82, 2.24) is 4.98 Å². The molecule has 4 rings (SSSR count). The number of rotatable bonds is 4. The Morgan fingerprint density at radius 3 is 1.97 bits per heavy atom. The lowest BCUT2D eigenvalue weighted by atomic mass is 10.1. The van der Waals surface area contributed by atoms with Crippen molar-refractivity contribution in [3.05, 3.63) is 66.7 Å². The minimum atomic E-state index is 0. The monoisotopic (exact) mass is 432 g/mol. The number of nitrogen functional groups attached to an aromatic ring is 1. The summed E-state index contributed by atoms with van der Waals surface area (Å²) in [6, 6.07) is 22.8. The van der Waals surface area contributed by atoms with E-state index >= 15 is 0 Å². The van der Waals surface area contributed by atoms with Crippen molar-refractivity contribution in [3.8, 4) is 5.69 Å². The smallest absolute Gasteiger partial charge is 0.239 e. The van der Waals surface area contributed by atoms with Crippen molar-refractivity contribution < 1.29 is 33.4 Å². The lowest BCUT2D eigenvalue weighted by Gasteiger charge is -2.20. The van der Waals surface area contributed by atoms with Gasteiger partial charge >= 0.3 is 0 Å². The molecule has 0 spiro atoms. The molecule has 0 fully saturated rings. The lowest BCUT2D eigenvalue weighted by molar-refractivity contribution is -0.538. The molecule has 0 amide bonds. The first-order valence-corrected chi connectivity index (χ1v) is 9.06. The molecule has 162 valence electrons. The van der Waals surface area contributed by atoms with Gasteiger partial charge in [0.25, 0.3) is 0 Å². The fraction of sp³-hybridized carbons (Fsp3) is 0.182. The van der Waals surface area contributed by atoms with Gasteiger partial charge in [-0.1, -0.05) is 18.2 Å². The molecule has 7 nitrogen and oxygen atoms in total. The van der Waals surface area contributed by atoms with E-state index in [1.807, 2.05) is 24.3 Å². The molecule has 0 unspecified atom stereocenters. The normalized spacial score (nSPS) is 9.67. The Balaban J connectivity index is 0.00000210. The Kier molecular flexibility index (Phi) is 10.2. The van der Waals surface area contributed by atoms with Crippen LogP contribution in [-0.2, 0) is 0 Å². The highest BCUT2D eigenvalue weighted by molar-refractivity contribution is 5.85. The van der Waals surface area contributed by atoms with Gasteiger partial charge in [-0.05, 0) is 38.1 Å². The fourth-order valence-electron chi connectivity index (χ4n) is 3.50. The Labute approximate surface area is 182 Å². The Morgan fingerprint density at radius 2 is 1.37 bits per heavy atom. The number of fused-ring (bicyclic) bond motifs is 2. The molecule has 0 aliphatic heterocycles. The number of nitrogens with zero attached hydrogens (tertiary/aromatic N) is 3. The van der Waals surface area contributed by atoms with E-state index in [4.69, 9.17) is 10.7 Å². The van der Waals surface area contributed by atoms with Gasteiger partial charge in [-0.25, -0.2) is 4.98 Å². The van der Waals surface area contributed by atoms with E-state index in [9.17, 15) is 0 Å². The van der Waals surface area contributed by atoms with Crippen molar-refractivity contribution in [2.75, 3.05) is 23.7 Å². The Hall–Kier alpha value is -2.97. The van der Waals surface area contributed by atoms with Gasteiger partial charge in [-0.15, -0.1) is 4.57 Å². The first-order valence-electron chi connectivity index (χ1n) is 9.06. The summed E-state index contributed by atoms with van der Waals surface area (Å²) < 4.78 is 2.25. The van der Waals surface area contributed by atoms with Crippen LogP contribution < -0.4 is 27.6 Å². The number of hydrogen-bond donors (Lipinski definition) is 1. The lowest BCUT2D eigenvalue weighted by Crippen LogP contribution is -3.00. The minimum Gasteiger partial charge on any atom is -1.00 e. The predicted molar refractivity (Wildman–Crippen MR) is 120 cm³/mol. The summed E-state index contributed by atoms with van der Waals surface area (Å²) in [7, 11) is 0. The second kappa shape index (κ2) is 11.3. The fourth-order valence-corrected chi connectivity index (χ4v) is 3.50. The van der Waals surface area contributed by atoms with Crippen LogP contribution in [0, 0.1) is 0 Å². The molecular weight excluding hydrogens is 404 g/mol. The molecule has 0 radical (unpaired) electrons. The molecular formula is C22H29ClN4O3. The quantitative estimate of drug-likeness (QED) is 0.241. The number of para-hydroxylation sites is 1. The molecule has 0 saturated heterocycles. The minimum absolute atomic E-state index is 0. The Morgan fingerprint density at radius 1 is 0.800 bits per heavy atom. The highest BCUT2D eigenvalue weighted by atomic mass is 35.5. The molecule has 0 aliphatic rings. The van der Waals surface area contributed by atoms with Gasteiger partial charge < -0.3 is 39.5 Å². The van der Waals surface area contributed by atoms with E-state index in [1.54, 1.807) is 0 Å². The van der Waals surface area contributed by atoms with E-state index in [0.29, 0.717) is 0 Å². The molecule has 30 heavy (non-hydrogen) atoms. The first-order chi connectivity index (χ1) is 12.7. The predicted octanol–water partition coefficient (Wildman–Crippen LogP) is -1.38. The average Bonchev–Trinajstić information content (AvgIpc) is 2.68. The van der Waals surface area contributed by atoms with Crippen LogP contribution in [0.3, 0.4) is 0 Å². The number of halogens is 1. The van der Waals surface area contributed by atoms with Gasteiger partial charge in [0.15, 0.2) is 0 Å². The highest BCUT2D eigenvalue weighted by Crippen LogP contribution is 2.23. The van der Waals surface area contributed by atoms with Crippen LogP contribution in [0.4, 0.5) is 11.4 Å². The summed E-state index contributed by atoms with van der Waals surface area (Å²) in [4.78, 5) is 7.21. The largest absolute Gasteiger partial charge is 1.00 e. The van der Waals surface area contributed by atoms with Crippen molar-refractivity contribution in [2.45, 2.75) is 13.8 Å². The molecule has 0 saturated carbocycles. The molecule has 8 heteroatoms. The van der Waals surface area contributed by atoms with Crippen LogP contribution >= 0.6 is 0 Å². The maximum Gasteiger partial charge on any atom is 0.239 e. The van der Waals surface area contributed by atoms with Gasteiger partial charge in [-0.3, -0.25) is 0 Å². The standard InChI is InChI=1S/C22H22N4.ClH.3H2O/c1-3-25(4-2)18-11-13-20-22(15-18)26(17-8-6-5-7-9-17)21-14-16(23)10-12-19(21)24-20;;;;/h5-15,23H,3-4H2,1-2H3;1H;3*1H2. The maximum absolute atomic E-state index is 6.09. The third-order valence-electron chi connectivity index (χ3n) is 4.82. The molecule has 0 atom stereocenters. The number of nitrogens with two attached hydrogens (primary N) is 1. The zero-order valence-electron chi connectivity index (χ0n) is 17.1. The third-order valence-corrected chi connectivity index (χ3v) is 4.82. The van der Waals surface area contributed by atoms with Crippen molar-refractivity contribution in [2.24, 2.45) is 0 Å². The van der Waals surface area contributed by atoms with Gasteiger partial charge in [0.2, 0.25) is 16.7 Å². The number of anilines is 2. The van der Waals surface area contributed by atoms with E-state index in [0.717, 1.165) is 46.5 Å². The molecule has 3 aromatic carbocycles. The first kappa shape index (κ1) is 27.0. The van der Waals surface area contributed by atoms with E-state index < -0.39 is 0 Å². The highest BCUT2D eigenvalue weighted by Gasteiger charge is 2.20. The van der Waals surface area contributed by atoms with Gasteiger partial charge in [-0.2, -0.15) is 0 Å². The second-order valence-electron chi connectivity index (χ2n) is 6.38. The van der Waals surface area contributed by atoms with Crippen molar-refractivity contribution in [3.63, 3.8) is 0 Å². The van der Waals surface area contributed by atoms with Gasteiger partial charge in [0, 0.05) is 48.7 Å². The molecule has 1 heterocycles. The summed E-state index contributed by atoms with van der Waals surface area (Å²) in [6.07, 6.45) is 0. The summed E-state index contributed by atoms with van der Waals surface area (Å²) in [6.45, 7) is 6.30. The summed E-state index contributed by atoms with van der Waals surface area (Å²) >= 11 is 0. The topological polar surface area (TPSA) is 141 Å². The molecule has 4 aromatic rings. The van der Waals surface area contributed by atoms with Crippen LogP contribution in [-0.4, -0.2) is 34.5 Å². The van der Waals surface area contributed by atoms with E-state index in [2.05, 4.69) is 65.8 Å². The summed E-state index contributed by atoms with van der Waals surface area (Å²) in [5.41, 5.74) is 13.1. The third kappa shape index (κ3) is 4.77. The van der Waals surface area contributed by atoms with Crippen LogP contribution in [0.5, 0.6) is 0 Å². The Bertz CT molecular complexity index is 1090. The van der Waals surface area contributed by atoms with Crippen LogP contribution in [0.2, 0.25) is 0 Å². The molecule has 0 bridgehead atoms. The summed E-state index contributed by atoms with van der Waals surface area (Å²) in [5, 5.41) is 0. The van der Waals surface area contributed by atoms with Gasteiger partial charge in [0.05, 0.1) is 0 Å². The molecule has 8 N–H and O–H groups in total. The number of benzene rings is 3. The van der Waals surface area contributed by atoms with E-state index in [1.165, 1.54) is 5.69 Å².